The van der Waals surface area contributed by atoms with Crippen LogP contribution in [0, 0.1) is 0 Å². The average Bonchev–Trinajstić information content (AvgIpc) is 2.74. The van der Waals surface area contributed by atoms with Crippen LogP contribution in [0.1, 0.15) is 25.0 Å². The number of rotatable bonds is 4. The highest BCUT2D eigenvalue weighted by atomic mass is 16.3. The summed E-state index contributed by atoms with van der Waals surface area (Å²) in [6.45, 7) is 2.04. The average molecular weight is 246 g/mol. The molecule has 0 bridgehead atoms. The summed E-state index contributed by atoms with van der Waals surface area (Å²) in [5, 5.41) is 13.9. The van der Waals surface area contributed by atoms with Gasteiger partial charge in [0.1, 0.15) is 0 Å². The van der Waals surface area contributed by atoms with Gasteiger partial charge in [-0.15, -0.1) is 0 Å². The maximum Gasteiger partial charge on any atom is 0.219 e. The van der Waals surface area contributed by atoms with Gasteiger partial charge in [0.2, 0.25) is 5.91 Å². The molecule has 0 aliphatic heterocycles. The zero-order chi connectivity index (χ0) is 13.1. The van der Waals surface area contributed by atoms with E-state index in [4.69, 9.17) is 0 Å². The van der Waals surface area contributed by atoms with Crippen LogP contribution in [0.2, 0.25) is 0 Å². The normalized spacial score (nSPS) is 12.6. The van der Waals surface area contributed by atoms with Crippen molar-refractivity contribution in [3.8, 4) is 0 Å². The second-order valence-corrected chi connectivity index (χ2v) is 4.39. The largest absolute Gasteiger partial charge is 0.386 e. The number of para-hydroxylation sites is 1. The summed E-state index contributed by atoms with van der Waals surface area (Å²) in [6.07, 6.45) is 1.67. The van der Waals surface area contributed by atoms with Gasteiger partial charge in [0.25, 0.3) is 0 Å². The molecule has 0 fully saturated rings. The number of hydrogen-bond donors (Lipinski definition) is 2. The van der Waals surface area contributed by atoms with E-state index in [1.165, 1.54) is 0 Å². The lowest BCUT2D eigenvalue weighted by Crippen LogP contribution is -2.27. The molecule has 0 aliphatic carbocycles. The van der Waals surface area contributed by atoms with Crippen LogP contribution >= 0.6 is 0 Å². The number of fused-ring (bicyclic) bond motifs is 1. The van der Waals surface area contributed by atoms with Crippen molar-refractivity contribution in [2.24, 2.45) is 7.05 Å². The molecule has 2 N–H and O–H groups in total. The minimum Gasteiger partial charge on any atom is -0.386 e. The molecule has 1 amide bonds. The minimum atomic E-state index is -0.674. The summed E-state index contributed by atoms with van der Waals surface area (Å²) in [7, 11) is 1.95. The molecule has 0 radical (unpaired) electrons. The van der Waals surface area contributed by atoms with Crippen LogP contribution in [0.3, 0.4) is 0 Å². The molecule has 0 saturated heterocycles. The van der Waals surface area contributed by atoms with E-state index >= 15 is 0 Å². The molecule has 4 heteroatoms. The van der Waals surface area contributed by atoms with Crippen LogP contribution in [-0.4, -0.2) is 22.1 Å². The Kier molecular flexibility index (Phi) is 3.67. The fraction of sp³-hybridized carbons (Fsp3) is 0.357. The summed E-state index contributed by atoms with van der Waals surface area (Å²) in [4.78, 5) is 11.2. The Morgan fingerprint density at radius 3 is 2.89 bits per heavy atom. The van der Waals surface area contributed by atoms with E-state index in [2.05, 4.69) is 5.32 Å². The summed E-state index contributed by atoms with van der Waals surface area (Å²) >= 11 is 0. The Morgan fingerprint density at radius 2 is 2.17 bits per heavy atom. The lowest BCUT2D eigenvalue weighted by Gasteiger charge is -2.10. The van der Waals surface area contributed by atoms with E-state index in [9.17, 15) is 9.90 Å². The van der Waals surface area contributed by atoms with Crippen LogP contribution in [0.15, 0.2) is 30.5 Å². The molecule has 1 aromatic carbocycles. The molecule has 18 heavy (non-hydrogen) atoms. The molecule has 1 heterocycles. The second kappa shape index (κ2) is 5.23. The maximum atomic E-state index is 11.2. The second-order valence-electron chi connectivity index (χ2n) is 4.39. The van der Waals surface area contributed by atoms with E-state index < -0.39 is 6.10 Å². The third kappa shape index (κ3) is 2.38. The van der Waals surface area contributed by atoms with Crippen molar-refractivity contribution in [1.29, 1.82) is 0 Å². The number of aliphatic hydroxyl groups is 1. The zero-order valence-electron chi connectivity index (χ0n) is 10.7. The number of nitrogens with zero attached hydrogens (tertiary/aromatic N) is 1. The topological polar surface area (TPSA) is 54.3 Å². The third-order valence-corrected chi connectivity index (χ3v) is 3.10. The van der Waals surface area contributed by atoms with Crippen molar-refractivity contribution < 1.29 is 9.90 Å². The van der Waals surface area contributed by atoms with Crippen LogP contribution in [-0.2, 0) is 11.8 Å². The van der Waals surface area contributed by atoms with E-state index in [-0.39, 0.29) is 12.5 Å². The summed E-state index contributed by atoms with van der Waals surface area (Å²) in [6, 6.07) is 7.91. The van der Waals surface area contributed by atoms with Gasteiger partial charge in [-0.25, -0.2) is 0 Å². The van der Waals surface area contributed by atoms with Crippen molar-refractivity contribution in [2.75, 3.05) is 6.54 Å². The quantitative estimate of drug-likeness (QED) is 0.863. The number of nitrogens with one attached hydrogen (secondary N) is 1. The van der Waals surface area contributed by atoms with Gasteiger partial charge in [-0.1, -0.05) is 25.1 Å². The Balaban J connectivity index is 2.22. The molecular formula is C14H18N2O2. The smallest absolute Gasteiger partial charge is 0.219 e. The highest BCUT2D eigenvalue weighted by molar-refractivity contribution is 5.84. The van der Waals surface area contributed by atoms with E-state index in [0.717, 1.165) is 16.5 Å². The number of aliphatic hydroxyl groups excluding tert-OH is 1. The number of carbonyl (C=O) groups is 1. The fourth-order valence-electron chi connectivity index (χ4n) is 2.08. The fourth-order valence-corrected chi connectivity index (χ4v) is 2.08. The Bertz CT molecular complexity index is 560. The predicted octanol–water partition coefficient (Wildman–Crippen LogP) is 1.74. The Hall–Kier alpha value is -1.81. The molecule has 2 rings (SSSR count). The van der Waals surface area contributed by atoms with Gasteiger partial charge in [0.15, 0.2) is 0 Å². The monoisotopic (exact) mass is 246 g/mol. The highest BCUT2D eigenvalue weighted by Gasteiger charge is 2.14. The van der Waals surface area contributed by atoms with E-state index in [1.807, 2.05) is 42.1 Å². The van der Waals surface area contributed by atoms with Gasteiger partial charge < -0.3 is 15.0 Å². The first-order valence-corrected chi connectivity index (χ1v) is 6.12. The highest BCUT2D eigenvalue weighted by Crippen LogP contribution is 2.25. The zero-order valence-corrected chi connectivity index (χ0v) is 10.7. The maximum absolute atomic E-state index is 11.2. The molecule has 4 nitrogen and oxygen atoms in total. The SMILES string of the molecule is CCC(=O)NCC(O)c1cn(C)c2ccccc12. The van der Waals surface area contributed by atoms with Crippen LogP contribution in [0.4, 0.5) is 0 Å². The lowest BCUT2D eigenvalue weighted by molar-refractivity contribution is -0.121. The molecule has 1 unspecified atom stereocenters. The van der Waals surface area contributed by atoms with Crippen LogP contribution < -0.4 is 5.32 Å². The minimum absolute atomic E-state index is 0.0470. The van der Waals surface area contributed by atoms with Gasteiger partial charge in [-0.2, -0.15) is 0 Å². The first-order chi connectivity index (χ1) is 8.63. The van der Waals surface area contributed by atoms with Crippen molar-refractivity contribution in [1.82, 2.24) is 9.88 Å². The number of carbonyl (C=O) groups excluding carboxylic acids is 1. The predicted molar refractivity (Wildman–Crippen MR) is 71.2 cm³/mol. The van der Waals surface area contributed by atoms with Gasteiger partial charge >= 0.3 is 0 Å². The molecule has 96 valence electrons. The first-order valence-electron chi connectivity index (χ1n) is 6.12. The number of amides is 1. The number of aromatic nitrogens is 1. The molecule has 2 aromatic rings. The summed E-state index contributed by atoms with van der Waals surface area (Å²) in [5.74, 6) is -0.0470. The first kappa shape index (κ1) is 12.6. The van der Waals surface area contributed by atoms with E-state index in [0.29, 0.717) is 6.42 Å². The molecule has 0 aliphatic rings. The molecule has 1 aromatic heterocycles. The van der Waals surface area contributed by atoms with Crippen molar-refractivity contribution in [2.45, 2.75) is 19.4 Å². The molecule has 0 spiro atoms. The summed E-state index contributed by atoms with van der Waals surface area (Å²) in [5.41, 5.74) is 1.93. The van der Waals surface area contributed by atoms with Gasteiger partial charge in [0, 0.05) is 42.7 Å². The van der Waals surface area contributed by atoms with Crippen molar-refractivity contribution in [3.63, 3.8) is 0 Å². The molecular weight excluding hydrogens is 228 g/mol. The van der Waals surface area contributed by atoms with Gasteiger partial charge in [-0.3, -0.25) is 4.79 Å². The standard InChI is InChI=1S/C14H18N2O2/c1-3-14(18)15-8-13(17)11-9-16(2)12-7-5-4-6-10(11)12/h4-7,9,13,17H,3,8H2,1-2H3,(H,15,18). The number of aryl methyl sites for hydroxylation is 1. The number of hydrogen-bond acceptors (Lipinski definition) is 2. The Labute approximate surface area is 106 Å². The van der Waals surface area contributed by atoms with E-state index in [1.54, 1.807) is 6.92 Å². The molecule has 1 atom stereocenters. The summed E-state index contributed by atoms with van der Waals surface area (Å²) < 4.78 is 1.98. The van der Waals surface area contributed by atoms with Gasteiger partial charge in [-0.05, 0) is 6.07 Å². The van der Waals surface area contributed by atoms with Crippen LogP contribution in [0.25, 0.3) is 10.9 Å². The van der Waals surface area contributed by atoms with Crippen molar-refractivity contribution >= 4 is 16.8 Å². The van der Waals surface area contributed by atoms with Crippen molar-refractivity contribution in [3.05, 3.63) is 36.0 Å². The Morgan fingerprint density at radius 1 is 1.44 bits per heavy atom. The third-order valence-electron chi connectivity index (χ3n) is 3.10. The van der Waals surface area contributed by atoms with Gasteiger partial charge in [0.05, 0.1) is 6.10 Å². The van der Waals surface area contributed by atoms with Crippen LogP contribution in [0.5, 0.6) is 0 Å². The number of benzene rings is 1. The molecule has 0 saturated carbocycles. The lowest BCUT2D eigenvalue weighted by atomic mass is 10.1.